The minimum atomic E-state index is 0.583. The van der Waals surface area contributed by atoms with Gasteiger partial charge in [0.15, 0.2) is 0 Å². The molecule has 0 unspecified atom stereocenters. The summed E-state index contributed by atoms with van der Waals surface area (Å²) in [5, 5.41) is 3.36. The molecule has 1 N–H and O–H groups in total. The lowest BCUT2D eigenvalue weighted by Gasteiger charge is -2.26. The molecule has 0 radical (unpaired) electrons. The standard InChI is InChI=1S/C15H24N2O/c1-13(2)14-3-5-15(6-4-14)18-12-11-17-9-7-16-8-10-17/h3-6,13,16H,7-12H2,1-2H3. The van der Waals surface area contributed by atoms with Crippen molar-refractivity contribution < 1.29 is 4.74 Å². The van der Waals surface area contributed by atoms with Crippen LogP contribution in [0.3, 0.4) is 0 Å². The van der Waals surface area contributed by atoms with E-state index in [1.165, 1.54) is 5.56 Å². The first-order chi connectivity index (χ1) is 8.75. The van der Waals surface area contributed by atoms with E-state index in [0.29, 0.717) is 5.92 Å². The average molecular weight is 248 g/mol. The molecule has 1 fully saturated rings. The zero-order valence-corrected chi connectivity index (χ0v) is 11.5. The number of hydrogen-bond donors (Lipinski definition) is 1. The minimum absolute atomic E-state index is 0.583. The van der Waals surface area contributed by atoms with Crippen molar-refractivity contribution in [3.05, 3.63) is 29.8 Å². The van der Waals surface area contributed by atoms with Gasteiger partial charge < -0.3 is 10.1 Å². The highest BCUT2D eigenvalue weighted by molar-refractivity contribution is 5.28. The van der Waals surface area contributed by atoms with E-state index in [1.54, 1.807) is 0 Å². The van der Waals surface area contributed by atoms with Gasteiger partial charge in [-0.1, -0.05) is 26.0 Å². The third kappa shape index (κ3) is 4.00. The van der Waals surface area contributed by atoms with Gasteiger partial charge in [0.25, 0.3) is 0 Å². The van der Waals surface area contributed by atoms with E-state index in [-0.39, 0.29) is 0 Å². The van der Waals surface area contributed by atoms with Gasteiger partial charge in [0, 0.05) is 32.7 Å². The fourth-order valence-corrected chi connectivity index (χ4v) is 2.18. The number of benzene rings is 1. The van der Waals surface area contributed by atoms with Crippen LogP contribution in [0.5, 0.6) is 5.75 Å². The fraction of sp³-hybridized carbons (Fsp3) is 0.600. The Morgan fingerprint density at radius 2 is 1.83 bits per heavy atom. The van der Waals surface area contributed by atoms with Gasteiger partial charge in [-0.25, -0.2) is 0 Å². The molecule has 1 saturated heterocycles. The van der Waals surface area contributed by atoms with Gasteiger partial charge in [-0.05, 0) is 23.6 Å². The molecule has 1 aliphatic rings. The van der Waals surface area contributed by atoms with Gasteiger partial charge in [0.05, 0.1) is 0 Å². The summed E-state index contributed by atoms with van der Waals surface area (Å²) >= 11 is 0. The van der Waals surface area contributed by atoms with E-state index >= 15 is 0 Å². The highest BCUT2D eigenvalue weighted by Crippen LogP contribution is 2.18. The molecule has 1 aromatic rings. The Bertz CT molecular complexity index is 342. The molecule has 3 nitrogen and oxygen atoms in total. The first-order valence-corrected chi connectivity index (χ1v) is 6.91. The summed E-state index contributed by atoms with van der Waals surface area (Å²) in [6.45, 7) is 10.7. The van der Waals surface area contributed by atoms with E-state index in [9.17, 15) is 0 Å². The van der Waals surface area contributed by atoms with Crippen LogP contribution in [-0.4, -0.2) is 44.2 Å². The zero-order valence-electron chi connectivity index (χ0n) is 11.5. The van der Waals surface area contributed by atoms with Gasteiger partial charge in [-0.2, -0.15) is 0 Å². The number of piperazine rings is 1. The van der Waals surface area contributed by atoms with Gasteiger partial charge in [0.1, 0.15) is 12.4 Å². The zero-order chi connectivity index (χ0) is 12.8. The van der Waals surface area contributed by atoms with E-state index in [0.717, 1.165) is 45.1 Å². The quantitative estimate of drug-likeness (QED) is 0.863. The second-order valence-corrected chi connectivity index (χ2v) is 5.16. The lowest BCUT2D eigenvalue weighted by atomic mass is 10.0. The SMILES string of the molecule is CC(C)c1ccc(OCCN2CCNCC2)cc1. The van der Waals surface area contributed by atoms with E-state index < -0.39 is 0 Å². The summed E-state index contributed by atoms with van der Waals surface area (Å²) in [6, 6.07) is 8.47. The van der Waals surface area contributed by atoms with Crippen LogP contribution in [0.4, 0.5) is 0 Å². The Kier molecular flexibility index (Phi) is 5.02. The molecule has 2 rings (SSSR count). The molecule has 3 heteroatoms. The van der Waals surface area contributed by atoms with Crippen LogP contribution in [0.1, 0.15) is 25.3 Å². The van der Waals surface area contributed by atoms with Crippen molar-refractivity contribution in [3.63, 3.8) is 0 Å². The fourth-order valence-electron chi connectivity index (χ4n) is 2.18. The largest absolute Gasteiger partial charge is 0.492 e. The first kappa shape index (κ1) is 13.4. The average Bonchev–Trinajstić information content (AvgIpc) is 2.40. The van der Waals surface area contributed by atoms with Crippen LogP contribution >= 0.6 is 0 Å². The van der Waals surface area contributed by atoms with Gasteiger partial charge >= 0.3 is 0 Å². The van der Waals surface area contributed by atoms with E-state index in [1.807, 2.05) is 0 Å². The van der Waals surface area contributed by atoms with Crippen molar-refractivity contribution in [2.45, 2.75) is 19.8 Å². The third-order valence-corrected chi connectivity index (χ3v) is 3.43. The summed E-state index contributed by atoms with van der Waals surface area (Å²) in [5.41, 5.74) is 1.37. The van der Waals surface area contributed by atoms with Crippen LogP contribution in [0, 0.1) is 0 Å². The summed E-state index contributed by atoms with van der Waals surface area (Å²) < 4.78 is 5.78. The van der Waals surface area contributed by atoms with Crippen LogP contribution in [-0.2, 0) is 0 Å². The Hall–Kier alpha value is -1.06. The molecule has 0 aromatic heterocycles. The Morgan fingerprint density at radius 1 is 1.17 bits per heavy atom. The molecule has 0 atom stereocenters. The smallest absolute Gasteiger partial charge is 0.119 e. The predicted octanol–water partition coefficient (Wildman–Crippen LogP) is 2.09. The van der Waals surface area contributed by atoms with Crippen LogP contribution in [0.25, 0.3) is 0 Å². The lowest BCUT2D eigenvalue weighted by molar-refractivity contribution is 0.191. The molecule has 1 aromatic carbocycles. The number of ether oxygens (including phenoxy) is 1. The van der Waals surface area contributed by atoms with Crippen molar-refractivity contribution in [1.82, 2.24) is 10.2 Å². The van der Waals surface area contributed by atoms with Crippen molar-refractivity contribution in [2.24, 2.45) is 0 Å². The third-order valence-electron chi connectivity index (χ3n) is 3.43. The molecule has 0 saturated carbocycles. The number of rotatable bonds is 5. The van der Waals surface area contributed by atoms with Gasteiger partial charge in [0.2, 0.25) is 0 Å². The molecule has 1 heterocycles. The van der Waals surface area contributed by atoms with Crippen LogP contribution < -0.4 is 10.1 Å². The monoisotopic (exact) mass is 248 g/mol. The topological polar surface area (TPSA) is 24.5 Å². The second-order valence-electron chi connectivity index (χ2n) is 5.16. The molecule has 0 amide bonds. The van der Waals surface area contributed by atoms with Gasteiger partial charge in [-0.3, -0.25) is 4.90 Å². The molecule has 18 heavy (non-hydrogen) atoms. The number of hydrogen-bond acceptors (Lipinski definition) is 3. The molecule has 0 bridgehead atoms. The molecule has 100 valence electrons. The normalized spacial score (nSPS) is 17.1. The maximum atomic E-state index is 5.78. The van der Waals surface area contributed by atoms with Gasteiger partial charge in [-0.15, -0.1) is 0 Å². The summed E-state index contributed by atoms with van der Waals surface area (Å²) in [6.07, 6.45) is 0. The van der Waals surface area contributed by atoms with Crippen molar-refractivity contribution >= 4 is 0 Å². The minimum Gasteiger partial charge on any atom is -0.492 e. The second kappa shape index (κ2) is 6.76. The Morgan fingerprint density at radius 3 is 2.44 bits per heavy atom. The predicted molar refractivity (Wildman–Crippen MR) is 75.3 cm³/mol. The van der Waals surface area contributed by atoms with Crippen molar-refractivity contribution in [2.75, 3.05) is 39.3 Å². The maximum absolute atomic E-state index is 5.78. The van der Waals surface area contributed by atoms with Crippen LogP contribution in [0.2, 0.25) is 0 Å². The highest BCUT2D eigenvalue weighted by atomic mass is 16.5. The van der Waals surface area contributed by atoms with Crippen LogP contribution in [0.15, 0.2) is 24.3 Å². The molecular weight excluding hydrogens is 224 g/mol. The number of nitrogens with one attached hydrogen (secondary N) is 1. The Balaban J connectivity index is 1.72. The number of nitrogens with zero attached hydrogens (tertiary/aromatic N) is 1. The maximum Gasteiger partial charge on any atom is 0.119 e. The molecule has 0 spiro atoms. The molecular formula is C15H24N2O. The molecule has 1 aliphatic heterocycles. The first-order valence-electron chi connectivity index (χ1n) is 6.91. The van der Waals surface area contributed by atoms with Crippen molar-refractivity contribution in [1.29, 1.82) is 0 Å². The summed E-state index contributed by atoms with van der Waals surface area (Å²) in [4.78, 5) is 2.44. The Labute approximate surface area is 110 Å². The highest BCUT2D eigenvalue weighted by Gasteiger charge is 2.08. The van der Waals surface area contributed by atoms with E-state index in [4.69, 9.17) is 4.74 Å². The van der Waals surface area contributed by atoms with Crippen molar-refractivity contribution in [3.8, 4) is 5.75 Å². The lowest BCUT2D eigenvalue weighted by Crippen LogP contribution is -2.44. The van der Waals surface area contributed by atoms with E-state index in [2.05, 4.69) is 48.3 Å². The summed E-state index contributed by atoms with van der Waals surface area (Å²) in [7, 11) is 0. The summed E-state index contributed by atoms with van der Waals surface area (Å²) in [5.74, 6) is 1.56. The molecule has 0 aliphatic carbocycles.